The molecule has 4 nitrogen and oxygen atoms in total. The molecule has 0 heterocycles. The Morgan fingerprint density at radius 2 is 2.13 bits per heavy atom. The maximum absolute atomic E-state index is 11.9. The van der Waals surface area contributed by atoms with Crippen molar-refractivity contribution >= 4 is 33.5 Å². The molecule has 2 fully saturated rings. The fourth-order valence-electron chi connectivity index (χ4n) is 4.00. The van der Waals surface area contributed by atoms with Gasteiger partial charge in [0.05, 0.1) is 0 Å². The summed E-state index contributed by atoms with van der Waals surface area (Å²) in [6, 6.07) is 5.62. The average Bonchev–Trinajstić information content (AvgIpc) is 3.11. The molecule has 0 unspecified atom stereocenters. The van der Waals surface area contributed by atoms with Crippen molar-refractivity contribution in [1.82, 2.24) is 0 Å². The molecule has 1 aromatic carbocycles. The second kappa shape index (κ2) is 7.04. The fourth-order valence-corrected chi connectivity index (χ4v) is 4.47. The van der Waals surface area contributed by atoms with Crippen molar-refractivity contribution in [2.24, 2.45) is 17.8 Å². The van der Waals surface area contributed by atoms with Gasteiger partial charge in [0, 0.05) is 16.6 Å². The van der Waals surface area contributed by atoms with Crippen molar-refractivity contribution in [3.05, 3.63) is 28.2 Å². The SMILES string of the molecule is Cc1cc(Br)ccc1NC(=O)COC(=O)C[C@H]1C[C@H]2CC[C@@H]1C2. The number of benzene rings is 1. The van der Waals surface area contributed by atoms with Crippen LogP contribution in [0.3, 0.4) is 0 Å². The lowest BCUT2D eigenvalue weighted by atomic mass is 9.86. The predicted octanol–water partition coefficient (Wildman–Crippen LogP) is 4.07. The van der Waals surface area contributed by atoms with E-state index in [-0.39, 0.29) is 18.5 Å². The summed E-state index contributed by atoms with van der Waals surface area (Å²) in [5.41, 5.74) is 1.70. The Hall–Kier alpha value is -1.36. The smallest absolute Gasteiger partial charge is 0.306 e. The van der Waals surface area contributed by atoms with Crippen molar-refractivity contribution in [3.63, 3.8) is 0 Å². The van der Waals surface area contributed by atoms with E-state index in [2.05, 4.69) is 21.2 Å². The topological polar surface area (TPSA) is 55.4 Å². The maximum Gasteiger partial charge on any atom is 0.306 e. The molecule has 0 aliphatic heterocycles. The number of carbonyl (C=O) groups is 2. The highest BCUT2D eigenvalue weighted by molar-refractivity contribution is 9.10. The second-order valence-electron chi connectivity index (χ2n) is 6.81. The number of hydrogen-bond acceptors (Lipinski definition) is 3. The van der Waals surface area contributed by atoms with Gasteiger partial charge in [0.15, 0.2) is 6.61 Å². The van der Waals surface area contributed by atoms with Crippen molar-refractivity contribution in [1.29, 1.82) is 0 Å². The third-order valence-electron chi connectivity index (χ3n) is 5.14. The molecule has 1 N–H and O–H groups in total. The molecule has 2 aliphatic rings. The Labute approximate surface area is 145 Å². The van der Waals surface area contributed by atoms with Gasteiger partial charge in [-0.2, -0.15) is 0 Å². The van der Waals surface area contributed by atoms with Crippen LogP contribution in [0, 0.1) is 24.7 Å². The average molecular weight is 380 g/mol. The molecule has 0 radical (unpaired) electrons. The number of esters is 1. The summed E-state index contributed by atoms with van der Waals surface area (Å²) in [6.45, 7) is 1.71. The second-order valence-corrected chi connectivity index (χ2v) is 7.72. The van der Waals surface area contributed by atoms with Crippen molar-refractivity contribution in [3.8, 4) is 0 Å². The first kappa shape index (κ1) is 16.5. The summed E-state index contributed by atoms with van der Waals surface area (Å²) in [5, 5.41) is 2.78. The largest absolute Gasteiger partial charge is 0.456 e. The number of hydrogen-bond donors (Lipinski definition) is 1. The number of rotatable bonds is 5. The van der Waals surface area contributed by atoms with Crippen LogP contribution in [0.2, 0.25) is 0 Å². The maximum atomic E-state index is 11.9. The van der Waals surface area contributed by atoms with Crippen LogP contribution in [-0.2, 0) is 14.3 Å². The predicted molar refractivity (Wildman–Crippen MR) is 92.0 cm³/mol. The van der Waals surface area contributed by atoms with Crippen molar-refractivity contribution in [2.45, 2.75) is 39.0 Å². The molecule has 3 rings (SSSR count). The van der Waals surface area contributed by atoms with E-state index >= 15 is 0 Å². The number of fused-ring (bicyclic) bond motifs is 2. The third kappa shape index (κ3) is 4.14. The molecule has 5 heteroatoms. The molecular weight excluding hydrogens is 358 g/mol. The normalized spacial score (nSPS) is 25.4. The van der Waals surface area contributed by atoms with Gasteiger partial charge < -0.3 is 10.1 Å². The highest BCUT2D eigenvalue weighted by Gasteiger charge is 2.40. The van der Waals surface area contributed by atoms with Crippen LogP contribution in [0.25, 0.3) is 0 Å². The molecule has 0 spiro atoms. The van der Waals surface area contributed by atoms with E-state index in [0.29, 0.717) is 18.3 Å². The lowest BCUT2D eigenvalue weighted by Crippen LogP contribution is -2.23. The van der Waals surface area contributed by atoms with E-state index in [0.717, 1.165) is 28.1 Å². The summed E-state index contributed by atoms with van der Waals surface area (Å²) in [4.78, 5) is 23.9. The first-order chi connectivity index (χ1) is 11.0. The van der Waals surface area contributed by atoms with Gasteiger partial charge >= 0.3 is 5.97 Å². The van der Waals surface area contributed by atoms with Crippen LogP contribution in [0.4, 0.5) is 5.69 Å². The lowest BCUT2D eigenvalue weighted by Gasteiger charge is -2.20. The Morgan fingerprint density at radius 3 is 2.78 bits per heavy atom. The van der Waals surface area contributed by atoms with Gasteiger partial charge in [-0.25, -0.2) is 0 Å². The standard InChI is InChI=1S/C18H22BrNO3/c1-11-6-15(19)4-5-16(11)20-17(21)10-23-18(22)9-14-8-12-2-3-13(14)7-12/h4-6,12-14H,2-3,7-10H2,1H3,(H,20,21)/t12-,13+,14+/m0/s1. The zero-order valence-electron chi connectivity index (χ0n) is 13.3. The zero-order valence-corrected chi connectivity index (χ0v) is 14.9. The highest BCUT2D eigenvalue weighted by atomic mass is 79.9. The molecule has 2 saturated carbocycles. The first-order valence-electron chi connectivity index (χ1n) is 8.23. The van der Waals surface area contributed by atoms with E-state index < -0.39 is 0 Å². The van der Waals surface area contributed by atoms with Crippen LogP contribution < -0.4 is 5.32 Å². The van der Waals surface area contributed by atoms with Gasteiger partial charge in [0.1, 0.15) is 0 Å². The van der Waals surface area contributed by atoms with Gasteiger partial charge in [0.2, 0.25) is 0 Å². The molecule has 124 valence electrons. The van der Waals surface area contributed by atoms with Crippen LogP contribution in [-0.4, -0.2) is 18.5 Å². The number of anilines is 1. The van der Waals surface area contributed by atoms with Gasteiger partial charge in [-0.05, 0) is 67.7 Å². The summed E-state index contributed by atoms with van der Waals surface area (Å²) < 4.78 is 6.11. The summed E-state index contributed by atoms with van der Waals surface area (Å²) in [5.74, 6) is 1.45. The van der Waals surface area contributed by atoms with E-state index in [1.54, 1.807) is 0 Å². The van der Waals surface area contributed by atoms with Crippen LogP contribution in [0.1, 0.15) is 37.7 Å². The Balaban J connectivity index is 1.42. The summed E-state index contributed by atoms with van der Waals surface area (Å²) >= 11 is 3.39. The minimum Gasteiger partial charge on any atom is -0.456 e. The zero-order chi connectivity index (χ0) is 16.4. The fraction of sp³-hybridized carbons (Fsp3) is 0.556. The number of carbonyl (C=O) groups excluding carboxylic acids is 2. The van der Waals surface area contributed by atoms with Gasteiger partial charge in [0.25, 0.3) is 5.91 Å². The van der Waals surface area contributed by atoms with E-state index in [9.17, 15) is 9.59 Å². The molecule has 0 aromatic heterocycles. The molecule has 23 heavy (non-hydrogen) atoms. The van der Waals surface area contributed by atoms with E-state index in [1.807, 2.05) is 25.1 Å². The molecular formula is C18H22BrNO3. The van der Waals surface area contributed by atoms with Crippen LogP contribution in [0.15, 0.2) is 22.7 Å². The van der Waals surface area contributed by atoms with E-state index in [4.69, 9.17) is 4.74 Å². The van der Waals surface area contributed by atoms with Crippen LogP contribution >= 0.6 is 15.9 Å². The number of nitrogens with one attached hydrogen (secondary N) is 1. The number of amides is 1. The van der Waals surface area contributed by atoms with Gasteiger partial charge in [-0.1, -0.05) is 22.4 Å². The van der Waals surface area contributed by atoms with Gasteiger partial charge in [-0.15, -0.1) is 0 Å². The number of halogens is 1. The molecule has 0 saturated heterocycles. The summed E-state index contributed by atoms with van der Waals surface area (Å²) in [7, 11) is 0. The Kier molecular flexibility index (Phi) is 5.05. The van der Waals surface area contributed by atoms with E-state index in [1.165, 1.54) is 19.3 Å². The molecule has 3 atom stereocenters. The molecule has 2 aliphatic carbocycles. The monoisotopic (exact) mass is 379 g/mol. The molecule has 1 amide bonds. The third-order valence-corrected chi connectivity index (χ3v) is 5.63. The Bertz CT molecular complexity index is 616. The minimum atomic E-state index is -0.295. The van der Waals surface area contributed by atoms with Gasteiger partial charge in [-0.3, -0.25) is 9.59 Å². The van der Waals surface area contributed by atoms with Crippen LogP contribution in [0.5, 0.6) is 0 Å². The summed E-state index contributed by atoms with van der Waals surface area (Å²) in [6.07, 6.45) is 5.48. The quantitative estimate of drug-likeness (QED) is 0.784. The number of aryl methyl sites for hydroxylation is 1. The minimum absolute atomic E-state index is 0.213. The number of ether oxygens (including phenoxy) is 1. The highest BCUT2D eigenvalue weighted by Crippen LogP contribution is 2.49. The Morgan fingerprint density at radius 1 is 1.30 bits per heavy atom. The molecule has 1 aromatic rings. The van der Waals surface area contributed by atoms with Crippen molar-refractivity contribution < 1.29 is 14.3 Å². The first-order valence-corrected chi connectivity index (χ1v) is 9.02. The lowest BCUT2D eigenvalue weighted by molar-refractivity contribution is -0.148. The van der Waals surface area contributed by atoms with Crippen molar-refractivity contribution in [2.75, 3.05) is 11.9 Å². The molecule has 2 bridgehead atoms.